The van der Waals surface area contributed by atoms with E-state index in [1.807, 2.05) is 30.3 Å². The standard InChI is InChI=1S/C23H19N7/c1-2-6-19-18(5-1)16(14-28-19)8-10-27-22-11-21(17-12-24-15-25-13-17)29-23(30-22)20-7-3-4-9-26-20/h1-7,9,11-15,28H,8,10H2,(H,27,29,30). The molecule has 7 nitrogen and oxygen atoms in total. The zero-order chi connectivity index (χ0) is 20.2. The van der Waals surface area contributed by atoms with E-state index in [1.54, 1.807) is 18.6 Å². The number of H-pyrrole nitrogens is 1. The van der Waals surface area contributed by atoms with Crippen molar-refractivity contribution in [3.05, 3.63) is 85.2 Å². The number of hydrogen-bond acceptors (Lipinski definition) is 6. The van der Waals surface area contributed by atoms with Crippen molar-refractivity contribution in [2.75, 3.05) is 11.9 Å². The van der Waals surface area contributed by atoms with E-state index < -0.39 is 0 Å². The normalized spacial score (nSPS) is 10.9. The van der Waals surface area contributed by atoms with Crippen LogP contribution in [0.15, 0.2) is 79.6 Å². The minimum Gasteiger partial charge on any atom is -0.370 e. The van der Waals surface area contributed by atoms with E-state index in [0.29, 0.717) is 5.82 Å². The Morgan fingerprint density at radius 2 is 1.77 bits per heavy atom. The summed E-state index contributed by atoms with van der Waals surface area (Å²) in [6, 6.07) is 15.9. The van der Waals surface area contributed by atoms with Crippen LogP contribution in [0.5, 0.6) is 0 Å². The molecule has 5 aromatic rings. The van der Waals surface area contributed by atoms with Gasteiger partial charge in [0.05, 0.1) is 5.69 Å². The molecule has 2 N–H and O–H groups in total. The van der Waals surface area contributed by atoms with E-state index in [-0.39, 0.29) is 0 Å². The third-order valence-electron chi connectivity index (χ3n) is 4.85. The lowest BCUT2D eigenvalue weighted by Gasteiger charge is -2.10. The van der Waals surface area contributed by atoms with Crippen molar-refractivity contribution in [2.45, 2.75) is 6.42 Å². The molecular weight excluding hydrogens is 374 g/mol. The van der Waals surface area contributed by atoms with Crippen LogP contribution in [0, 0.1) is 0 Å². The van der Waals surface area contributed by atoms with Crippen LogP contribution in [0.2, 0.25) is 0 Å². The Labute approximate surface area is 173 Å². The maximum Gasteiger partial charge on any atom is 0.180 e. The molecule has 0 radical (unpaired) electrons. The van der Waals surface area contributed by atoms with Gasteiger partial charge in [0.1, 0.15) is 17.8 Å². The fourth-order valence-electron chi connectivity index (χ4n) is 3.39. The molecule has 0 saturated heterocycles. The van der Waals surface area contributed by atoms with Crippen molar-refractivity contribution >= 4 is 16.7 Å². The summed E-state index contributed by atoms with van der Waals surface area (Å²) in [6.07, 6.45) is 9.67. The quantitative estimate of drug-likeness (QED) is 0.451. The Bertz CT molecular complexity index is 1210. The van der Waals surface area contributed by atoms with E-state index in [9.17, 15) is 0 Å². The minimum absolute atomic E-state index is 0.562. The Kier molecular flexibility index (Phi) is 4.83. The van der Waals surface area contributed by atoms with Gasteiger partial charge in [-0.3, -0.25) is 4.98 Å². The van der Waals surface area contributed by atoms with Crippen molar-refractivity contribution in [3.8, 4) is 22.8 Å². The second kappa shape index (κ2) is 8.08. The SMILES string of the molecule is c1ccc(-c2nc(NCCc3c[nH]c4ccccc34)cc(-c3cncnc3)n2)nc1. The summed E-state index contributed by atoms with van der Waals surface area (Å²) in [7, 11) is 0. The zero-order valence-corrected chi connectivity index (χ0v) is 16.2. The summed E-state index contributed by atoms with van der Waals surface area (Å²) in [6.45, 7) is 0.741. The van der Waals surface area contributed by atoms with E-state index in [1.165, 1.54) is 17.3 Å². The molecule has 0 amide bonds. The molecule has 0 spiro atoms. The van der Waals surface area contributed by atoms with E-state index in [4.69, 9.17) is 0 Å². The summed E-state index contributed by atoms with van der Waals surface area (Å²) in [4.78, 5) is 25.3. The van der Waals surface area contributed by atoms with Crippen LogP contribution in [0.25, 0.3) is 33.7 Å². The Balaban J connectivity index is 1.42. The van der Waals surface area contributed by atoms with Crippen LogP contribution in [0.4, 0.5) is 5.82 Å². The molecule has 1 aromatic carbocycles. The van der Waals surface area contributed by atoms with Gasteiger partial charge >= 0.3 is 0 Å². The predicted octanol–water partition coefficient (Wildman–Crippen LogP) is 4.13. The van der Waals surface area contributed by atoms with Crippen LogP contribution in [0.1, 0.15) is 5.56 Å². The fraction of sp³-hybridized carbons (Fsp3) is 0.0870. The zero-order valence-electron chi connectivity index (χ0n) is 16.2. The highest BCUT2D eigenvalue weighted by Gasteiger charge is 2.10. The second-order valence-corrected chi connectivity index (χ2v) is 6.84. The number of rotatable bonds is 6. The number of fused-ring (bicyclic) bond motifs is 1. The molecule has 0 fully saturated rings. The van der Waals surface area contributed by atoms with Gasteiger partial charge in [-0.2, -0.15) is 0 Å². The van der Waals surface area contributed by atoms with Gasteiger partial charge in [-0.25, -0.2) is 19.9 Å². The molecule has 7 heteroatoms. The highest BCUT2D eigenvalue weighted by Crippen LogP contribution is 2.23. The molecule has 30 heavy (non-hydrogen) atoms. The number of nitrogens with one attached hydrogen (secondary N) is 2. The van der Waals surface area contributed by atoms with Gasteiger partial charge in [0.2, 0.25) is 0 Å². The third-order valence-corrected chi connectivity index (χ3v) is 4.85. The smallest absolute Gasteiger partial charge is 0.180 e. The van der Waals surface area contributed by atoms with E-state index >= 15 is 0 Å². The molecule has 0 atom stereocenters. The lowest BCUT2D eigenvalue weighted by Crippen LogP contribution is -2.08. The monoisotopic (exact) mass is 393 g/mol. The first-order chi connectivity index (χ1) is 14.9. The van der Waals surface area contributed by atoms with E-state index in [0.717, 1.165) is 41.3 Å². The van der Waals surface area contributed by atoms with Gasteiger partial charge in [-0.1, -0.05) is 24.3 Å². The van der Waals surface area contributed by atoms with Crippen molar-refractivity contribution in [1.29, 1.82) is 0 Å². The molecular formula is C23H19N7. The minimum atomic E-state index is 0.562. The van der Waals surface area contributed by atoms with Crippen LogP contribution in [0.3, 0.4) is 0 Å². The number of anilines is 1. The maximum absolute atomic E-state index is 4.68. The topological polar surface area (TPSA) is 92.3 Å². The number of aromatic nitrogens is 6. The molecule has 146 valence electrons. The Morgan fingerprint density at radius 1 is 0.900 bits per heavy atom. The molecule has 0 aliphatic rings. The Hall–Kier alpha value is -4.13. The van der Waals surface area contributed by atoms with E-state index in [2.05, 4.69) is 59.6 Å². The predicted molar refractivity (Wildman–Crippen MR) is 117 cm³/mol. The summed E-state index contributed by atoms with van der Waals surface area (Å²) in [5.74, 6) is 1.30. The highest BCUT2D eigenvalue weighted by atomic mass is 15.0. The van der Waals surface area contributed by atoms with Gasteiger partial charge in [-0.15, -0.1) is 0 Å². The highest BCUT2D eigenvalue weighted by molar-refractivity contribution is 5.83. The number of para-hydroxylation sites is 1. The summed E-state index contributed by atoms with van der Waals surface area (Å²) >= 11 is 0. The number of aromatic amines is 1. The van der Waals surface area contributed by atoms with Crippen LogP contribution in [-0.2, 0) is 6.42 Å². The maximum atomic E-state index is 4.68. The molecule has 0 bridgehead atoms. The number of benzene rings is 1. The summed E-state index contributed by atoms with van der Waals surface area (Å²) < 4.78 is 0. The van der Waals surface area contributed by atoms with Gasteiger partial charge in [-0.05, 0) is 30.2 Å². The molecule has 0 unspecified atom stereocenters. The molecule has 0 aliphatic heterocycles. The first-order valence-electron chi connectivity index (χ1n) is 9.71. The van der Waals surface area contributed by atoms with Crippen LogP contribution < -0.4 is 5.32 Å². The second-order valence-electron chi connectivity index (χ2n) is 6.84. The van der Waals surface area contributed by atoms with Crippen molar-refractivity contribution in [3.63, 3.8) is 0 Å². The summed E-state index contributed by atoms with van der Waals surface area (Å²) in [5, 5.41) is 4.68. The lowest BCUT2D eigenvalue weighted by atomic mass is 10.1. The van der Waals surface area contributed by atoms with Crippen molar-refractivity contribution in [1.82, 2.24) is 29.9 Å². The van der Waals surface area contributed by atoms with Gasteiger partial charge in [0.15, 0.2) is 5.82 Å². The van der Waals surface area contributed by atoms with Gasteiger partial charge < -0.3 is 10.3 Å². The fourth-order valence-corrected chi connectivity index (χ4v) is 3.39. The third kappa shape index (κ3) is 3.73. The van der Waals surface area contributed by atoms with Crippen molar-refractivity contribution in [2.24, 2.45) is 0 Å². The largest absolute Gasteiger partial charge is 0.370 e. The van der Waals surface area contributed by atoms with Crippen LogP contribution >= 0.6 is 0 Å². The first kappa shape index (κ1) is 17.9. The Morgan fingerprint density at radius 3 is 2.63 bits per heavy atom. The summed E-state index contributed by atoms with van der Waals surface area (Å²) in [5.41, 5.74) is 4.72. The average Bonchev–Trinajstić information content (AvgIpc) is 3.23. The van der Waals surface area contributed by atoms with Gasteiger partial charge in [0, 0.05) is 53.9 Å². The van der Waals surface area contributed by atoms with Crippen LogP contribution in [-0.4, -0.2) is 36.4 Å². The number of nitrogens with zero attached hydrogens (tertiary/aromatic N) is 5. The number of pyridine rings is 1. The molecule has 4 heterocycles. The van der Waals surface area contributed by atoms with Gasteiger partial charge in [0.25, 0.3) is 0 Å². The number of hydrogen-bond donors (Lipinski definition) is 2. The molecule has 0 aliphatic carbocycles. The average molecular weight is 393 g/mol. The first-order valence-corrected chi connectivity index (χ1v) is 9.71. The lowest BCUT2D eigenvalue weighted by molar-refractivity contribution is 1.01. The molecule has 0 saturated carbocycles. The molecule has 5 rings (SSSR count). The molecule has 4 aromatic heterocycles. The van der Waals surface area contributed by atoms with Crippen molar-refractivity contribution < 1.29 is 0 Å².